The van der Waals surface area contributed by atoms with Gasteiger partial charge in [-0.3, -0.25) is 0 Å². The summed E-state index contributed by atoms with van der Waals surface area (Å²) >= 11 is 0. The molecule has 98 valence electrons. The van der Waals surface area contributed by atoms with Crippen molar-refractivity contribution < 1.29 is 9.47 Å². The minimum atomic E-state index is -0.213. The van der Waals surface area contributed by atoms with E-state index in [0.29, 0.717) is 0 Å². The van der Waals surface area contributed by atoms with E-state index < -0.39 is 0 Å². The van der Waals surface area contributed by atoms with Crippen molar-refractivity contribution in [1.29, 1.82) is 0 Å². The molecule has 1 heterocycles. The van der Waals surface area contributed by atoms with Crippen LogP contribution in [0.3, 0.4) is 0 Å². The summed E-state index contributed by atoms with van der Waals surface area (Å²) in [5.74, 6) is 1.08. The Balaban J connectivity index is 2.52. The Morgan fingerprint density at radius 1 is 1.41 bits per heavy atom. The molecular formula is C12H23N3O2. The minimum Gasteiger partial charge on any atom is -0.354 e. The van der Waals surface area contributed by atoms with E-state index in [4.69, 9.17) is 9.47 Å². The topological polar surface area (TPSA) is 48.3 Å². The van der Waals surface area contributed by atoms with Gasteiger partial charge in [-0.2, -0.15) is 0 Å². The van der Waals surface area contributed by atoms with Crippen molar-refractivity contribution in [3.63, 3.8) is 0 Å². The molecule has 1 unspecified atom stereocenters. The fraction of sp³-hybridized carbons (Fsp3) is 0.750. The summed E-state index contributed by atoms with van der Waals surface area (Å²) in [7, 11) is 5.34. The van der Waals surface area contributed by atoms with Gasteiger partial charge < -0.3 is 19.4 Å². The highest BCUT2D eigenvalue weighted by atomic mass is 16.7. The molecule has 0 spiro atoms. The van der Waals surface area contributed by atoms with Gasteiger partial charge in [-0.1, -0.05) is 6.92 Å². The normalized spacial score (nSPS) is 13.2. The zero-order valence-corrected chi connectivity index (χ0v) is 11.1. The van der Waals surface area contributed by atoms with Gasteiger partial charge in [0.2, 0.25) is 0 Å². The fourth-order valence-corrected chi connectivity index (χ4v) is 1.94. The van der Waals surface area contributed by atoms with Crippen LogP contribution in [0.1, 0.15) is 19.2 Å². The van der Waals surface area contributed by atoms with Gasteiger partial charge in [-0.25, -0.2) is 4.98 Å². The quantitative estimate of drug-likeness (QED) is 0.688. The maximum absolute atomic E-state index is 5.30. The van der Waals surface area contributed by atoms with Gasteiger partial charge >= 0.3 is 0 Å². The van der Waals surface area contributed by atoms with E-state index in [-0.39, 0.29) is 12.3 Å². The van der Waals surface area contributed by atoms with E-state index in [1.165, 1.54) is 0 Å². The highest BCUT2D eigenvalue weighted by Gasteiger charge is 2.20. The molecule has 1 N–H and O–H groups in total. The molecule has 1 rings (SSSR count). The lowest BCUT2D eigenvalue weighted by atomic mass is 10.1. The predicted molar refractivity (Wildman–Crippen MR) is 66.8 cm³/mol. The summed E-state index contributed by atoms with van der Waals surface area (Å²) < 4.78 is 12.6. The molecule has 0 saturated heterocycles. The smallest absolute Gasteiger partial charge is 0.171 e. The molecule has 17 heavy (non-hydrogen) atoms. The zero-order chi connectivity index (χ0) is 12.7. The van der Waals surface area contributed by atoms with Crippen molar-refractivity contribution in [2.45, 2.75) is 32.1 Å². The second-order valence-corrected chi connectivity index (χ2v) is 4.00. The number of nitrogens with zero attached hydrogens (tertiary/aromatic N) is 2. The molecule has 0 aromatic carbocycles. The highest BCUT2D eigenvalue weighted by molar-refractivity contribution is 4.92. The molecule has 1 aromatic heterocycles. The molecule has 5 heteroatoms. The van der Waals surface area contributed by atoms with E-state index in [0.717, 1.165) is 25.2 Å². The maximum atomic E-state index is 5.30. The molecule has 0 amide bonds. The molecule has 0 aliphatic carbocycles. The number of nitrogens with one attached hydrogen (secondary N) is 1. The number of hydrogen-bond donors (Lipinski definition) is 1. The first-order chi connectivity index (χ1) is 8.22. The van der Waals surface area contributed by atoms with Gasteiger partial charge in [0.1, 0.15) is 5.82 Å². The van der Waals surface area contributed by atoms with Crippen LogP contribution < -0.4 is 5.32 Å². The van der Waals surface area contributed by atoms with E-state index in [1.54, 1.807) is 14.2 Å². The van der Waals surface area contributed by atoms with Crippen LogP contribution in [-0.4, -0.2) is 42.6 Å². The summed E-state index contributed by atoms with van der Waals surface area (Å²) in [5.41, 5.74) is 0. The predicted octanol–water partition coefficient (Wildman–Crippen LogP) is 0.950. The maximum Gasteiger partial charge on any atom is 0.171 e. The SMILES string of the molecule is CCNC(CCc1nccn1C)C(OC)OC. The monoisotopic (exact) mass is 241 g/mol. The van der Waals surface area contributed by atoms with Crippen molar-refractivity contribution in [3.8, 4) is 0 Å². The van der Waals surface area contributed by atoms with Crippen molar-refractivity contribution >= 4 is 0 Å². The van der Waals surface area contributed by atoms with E-state index >= 15 is 0 Å². The van der Waals surface area contributed by atoms with Gasteiger partial charge in [0.25, 0.3) is 0 Å². The first-order valence-electron chi connectivity index (χ1n) is 5.98. The van der Waals surface area contributed by atoms with E-state index in [2.05, 4.69) is 17.2 Å². The number of aromatic nitrogens is 2. The first-order valence-corrected chi connectivity index (χ1v) is 5.98. The summed E-state index contributed by atoms with van der Waals surface area (Å²) in [6.45, 7) is 2.98. The lowest BCUT2D eigenvalue weighted by molar-refractivity contribution is -0.123. The van der Waals surface area contributed by atoms with E-state index in [1.807, 2.05) is 24.0 Å². The Hall–Kier alpha value is -0.910. The molecule has 0 aliphatic heterocycles. The summed E-state index contributed by atoms with van der Waals surface area (Å²) in [6.07, 6.45) is 5.41. The van der Waals surface area contributed by atoms with Crippen LogP contribution in [-0.2, 0) is 22.9 Å². The second-order valence-electron chi connectivity index (χ2n) is 4.00. The average Bonchev–Trinajstić information content (AvgIpc) is 2.73. The number of likely N-dealkylation sites (N-methyl/N-ethyl adjacent to an activating group) is 1. The van der Waals surface area contributed by atoms with Gasteiger partial charge in [-0.15, -0.1) is 0 Å². The standard InChI is InChI=1S/C12H23N3O2/c1-5-13-10(12(16-3)17-4)6-7-11-14-8-9-15(11)2/h8-10,12-13H,5-7H2,1-4H3. The van der Waals surface area contributed by atoms with Crippen LogP contribution in [0.2, 0.25) is 0 Å². The largest absolute Gasteiger partial charge is 0.354 e. The minimum absolute atomic E-state index is 0.187. The molecule has 1 atom stereocenters. The average molecular weight is 241 g/mol. The Bertz CT molecular complexity index is 310. The summed E-state index contributed by atoms with van der Waals surface area (Å²) in [4.78, 5) is 4.31. The van der Waals surface area contributed by atoms with Gasteiger partial charge in [0.15, 0.2) is 6.29 Å². The highest BCUT2D eigenvalue weighted by Crippen LogP contribution is 2.08. The molecule has 0 bridgehead atoms. The molecule has 0 fully saturated rings. The van der Waals surface area contributed by atoms with Crippen LogP contribution in [0.15, 0.2) is 12.4 Å². The molecule has 1 aromatic rings. The number of aryl methyl sites for hydroxylation is 2. The molecular weight excluding hydrogens is 218 g/mol. The fourth-order valence-electron chi connectivity index (χ4n) is 1.94. The van der Waals surface area contributed by atoms with Crippen molar-refractivity contribution in [3.05, 3.63) is 18.2 Å². The third-order valence-electron chi connectivity index (χ3n) is 2.86. The third-order valence-corrected chi connectivity index (χ3v) is 2.86. The number of methoxy groups -OCH3 is 2. The third kappa shape index (κ3) is 4.11. The number of ether oxygens (including phenoxy) is 2. The van der Waals surface area contributed by atoms with Gasteiger partial charge in [-0.05, 0) is 13.0 Å². The molecule has 0 aliphatic rings. The Kier molecular flexibility index (Phi) is 6.18. The number of hydrogen-bond acceptors (Lipinski definition) is 4. The lowest BCUT2D eigenvalue weighted by Crippen LogP contribution is -2.42. The second kappa shape index (κ2) is 7.42. The Morgan fingerprint density at radius 3 is 2.59 bits per heavy atom. The van der Waals surface area contributed by atoms with Crippen LogP contribution in [0.5, 0.6) is 0 Å². The van der Waals surface area contributed by atoms with Crippen LogP contribution in [0.25, 0.3) is 0 Å². The molecule has 0 saturated carbocycles. The lowest BCUT2D eigenvalue weighted by Gasteiger charge is -2.25. The van der Waals surface area contributed by atoms with Gasteiger partial charge in [0.05, 0.1) is 6.04 Å². The van der Waals surface area contributed by atoms with Gasteiger partial charge in [0, 0.05) is 40.1 Å². The summed E-state index contributed by atoms with van der Waals surface area (Å²) in [6, 6.07) is 0.187. The van der Waals surface area contributed by atoms with Crippen molar-refractivity contribution in [1.82, 2.24) is 14.9 Å². The van der Waals surface area contributed by atoms with Crippen molar-refractivity contribution in [2.75, 3.05) is 20.8 Å². The zero-order valence-electron chi connectivity index (χ0n) is 11.1. The van der Waals surface area contributed by atoms with E-state index in [9.17, 15) is 0 Å². The molecule has 5 nitrogen and oxygen atoms in total. The summed E-state index contributed by atoms with van der Waals surface area (Å²) in [5, 5.41) is 3.38. The van der Waals surface area contributed by atoms with Crippen molar-refractivity contribution in [2.24, 2.45) is 7.05 Å². The van der Waals surface area contributed by atoms with Crippen LogP contribution in [0, 0.1) is 0 Å². The van der Waals surface area contributed by atoms with Crippen LogP contribution in [0.4, 0.5) is 0 Å². The number of rotatable bonds is 8. The number of imidazole rings is 1. The Labute approximate surface area is 103 Å². The molecule has 0 radical (unpaired) electrons. The van der Waals surface area contributed by atoms with Crippen LogP contribution >= 0.6 is 0 Å². The Morgan fingerprint density at radius 2 is 2.12 bits per heavy atom. The first kappa shape index (κ1) is 14.2.